The minimum atomic E-state index is -0.357. The van der Waals surface area contributed by atoms with Gasteiger partial charge >= 0.3 is 6.03 Å². The van der Waals surface area contributed by atoms with Gasteiger partial charge in [0.15, 0.2) is 6.79 Å². The SMILES string of the molecule is C=CCN(Cc1cccc(C#N)c1)C(=O)NCCc1cc(F)cc2c1OCOC2. The van der Waals surface area contributed by atoms with Crippen LogP contribution in [0.5, 0.6) is 5.75 Å². The number of carbonyl (C=O) groups excluding carboxylic acids is 1. The average Bonchev–Trinajstić information content (AvgIpc) is 2.73. The number of nitrogens with one attached hydrogen (secondary N) is 1. The summed E-state index contributed by atoms with van der Waals surface area (Å²) in [5, 5.41) is 11.9. The van der Waals surface area contributed by atoms with E-state index in [9.17, 15) is 9.18 Å². The summed E-state index contributed by atoms with van der Waals surface area (Å²) in [7, 11) is 0. The highest BCUT2D eigenvalue weighted by molar-refractivity contribution is 5.74. The number of amides is 2. The number of ether oxygens (including phenoxy) is 2. The van der Waals surface area contributed by atoms with Crippen LogP contribution in [0.15, 0.2) is 49.1 Å². The van der Waals surface area contributed by atoms with E-state index < -0.39 is 0 Å². The molecular weight excluding hydrogens is 373 g/mol. The number of carbonyl (C=O) groups is 1. The van der Waals surface area contributed by atoms with Crippen LogP contribution in [0.1, 0.15) is 22.3 Å². The van der Waals surface area contributed by atoms with Crippen molar-refractivity contribution >= 4 is 6.03 Å². The third-order valence-corrected chi connectivity index (χ3v) is 4.49. The van der Waals surface area contributed by atoms with E-state index in [-0.39, 0.29) is 18.6 Å². The van der Waals surface area contributed by atoms with E-state index in [0.29, 0.717) is 55.1 Å². The Labute approximate surface area is 169 Å². The van der Waals surface area contributed by atoms with E-state index in [0.717, 1.165) is 5.56 Å². The molecule has 1 N–H and O–H groups in total. The van der Waals surface area contributed by atoms with Crippen LogP contribution in [0.4, 0.5) is 9.18 Å². The highest BCUT2D eigenvalue weighted by Crippen LogP contribution is 2.29. The van der Waals surface area contributed by atoms with E-state index >= 15 is 0 Å². The van der Waals surface area contributed by atoms with Gasteiger partial charge in [-0.2, -0.15) is 5.26 Å². The minimum absolute atomic E-state index is 0.132. The van der Waals surface area contributed by atoms with Crippen molar-refractivity contribution in [1.29, 1.82) is 5.26 Å². The number of fused-ring (bicyclic) bond motifs is 1. The van der Waals surface area contributed by atoms with Gasteiger partial charge in [0.05, 0.1) is 18.2 Å². The third kappa shape index (κ3) is 5.33. The van der Waals surface area contributed by atoms with Crippen LogP contribution in [0, 0.1) is 17.1 Å². The second-order valence-corrected chi connectivity index (χ2v) is 6.63. The van der Waals surface area contributed by atoms with Crippen LogP contribution in [0.25, 0.3) is 0 Å². The average molecular weight is 395 g/mol. The van der Waals surface area contributed by atoms with E-state index in [1.165, 1.54) is 12.1 Å². The van der Waals surface area contributed by atoms with E-state index in [2.05, 4.69) is 18.0 Å². The fourth-order valence-electron chi connectivity index (χ4n) is 3.19. The molecule has 1 aliphatic rings. The van der Waals surface area contributed by atoms with Gasteiger partial charge in [-0.25, -0.2) is 9.18 Å². The molecule has 1 aliphatic heterocycles. The molecule has 2 amide bonds. The zero-order chi connectivity index (χ0) is 20.6. The van der Waals surface area contributed by atoms with Crippen molar-refractivity contribution in [2.45, 2.75) is 19.6 Å². The van der Waals surface area contributed by atoms with Gasteiger partial charge in [0.2, 0.25) is 0 Å². The monoisotopic (exact) mass is 395 g/mol. The van der Waals surface area contributed by atoms with E-state index in [1.807, 2.05) is 6.07 Å². The summed E-state index contributed by atoms with van der Waals surface area (Å²) < 4.78 is 24.5. The molecule has 0 spiro atoms. The maximum absolute atomic E-state index is 13.8. The highest BCUT2D eigenvalue weighted by atomic mass is 19.1. The van der Waals surface area contributed by atoms with Crippen LogP contribution in [0.2, 0.25) is 0 Å². The normalized spacial score (nSPS) is 12.3. The molecule has 7 heteroatoms. The van der Waals surface area contributed by atoms with Crippen molar-refractivity contribution in [2.24, 2.45) is 0 Å². The fraction of sp³-hybridized carbons (Fsp3) is 0.273. The number of nitriles is 1. The minimum Gasteiger partial charge on any atom is -0.467 e. The fourth-order valence-corrected chi connectivity index (χ4v) is 3.19. The molecule has 0 aliphatic carbocycles. The Morgan fingerprint density at radius 1 is 1.38 bits per heavy atom. The van der Waals surface area contributed by atoms with Gasteiger partial charge in [-0.05, 0) is 41.8 Å². The van der Waals surface area contributed by atoms with E-state index in [4.69, 9.17) is 14.7 Å². The summed E-state index contributed by atoms with van der Waals surface area (Å²) in [6.45, 7) is 5.17. The summed E-state index contributed by atoms with van der Waals surface area (Å²) in [5.41, 5.74) is 2.76. The topological polar surface area (TPSA) is 74.6 Å². The Hall–Kier alpha value is -3.37. The molecule has 6 nitrogen and oxygen atoms in total. The standard InChI is InChI=1S/C22H22FN3O3/c1-2-8-26(13-17-5-3-4-16(9-17)12-24)22(27)25-7-6-18-10-20(23)11-19-14-28-15-29-21(18)19/h2-5,9-11H,1,6-8,13-15H2,(H,25,27). The van der Waals surface area contributed by atoms with Crippen LogP contribution >= 0.6 is 0 Å². The first-order valence-electron chi connectivity index (χ1n) is 9.25. The summed E-state index contributed by atoms with van der Waals surface area (Å²) in [5.74, 6) is 0.271. The Kier molecular flexibility index (Phi) is 6.82. The molecule has 29 heavy (non-hydrogen) atoms. The van der Waals surface area contributed by atoms with E-state index in [1.54, 1.807) is 29.2 Å². The molecule has 0 saturated carbocycles. The largest absolute Gasteiger partial charge is 0.467 e. The van der Waals surface area contributed by atoms with Crippen LogP contribution in [-0.4, -0.2) is 30.8 Å². The first-order valence-corrected chi connectivity index (χ1v) is 9.25. The molecule has 0 atom stereocenters. The van der Waals surface area contributed by atoms with Gasteiger partial charge in [-0.1, -0.05) is 18.2 Å². The lowest BCUT2D eigenvalue weighted by molar-refractivity contribution is -0.0172. The van der Waals surface area contributed by atoms with Crippen molar-refractivity contribution in [3.8, 4) is 11.8 Å². The molecule has 0 radical (unpaired) electrons. The summed E-state index contributed by atoms with van der Waals surface area (Å²) in [6.07, 6.45) is 2.07. The quantitative estimate of drug-likeness (QED) is 0.728. The molecule has 150 valence electrons. The lowest BCUT2D eigenvalue weighted by atomic mass is 10.1. The summed E-state index contributed by atoms with van der Waals surface area (Å²) in [6, 6.07) is 11.8. The van der Waals surface area contributed by atoms with Gasteiger partial charge in [-0.15, -0.1) is 6.58 Å². The maximum Gasteiger partial charge on any atom is 0.317 e. The van der Waals surface area contributed by atoms with Gasteiger partial charge in [-0.3, -0.25) is 0 Å². The molecule has 0 aromatic heterocycles. The number of rotatable bonds is 7. The number of hydrogen-bond donors (Lipinski definition) is 1. The smallest absolute Gasteiger partial charge is 0.317 e. The van der Waals surface area contributed by atoms with Crippen molar-refractivity contribution in [3.05, 3.63) is 77.1 Å². The lowest BCUT2D eigenvalue weighted by Gasteiger charge is -2.23. The van der Waals surface area contributed by atoms with Gasteiger partial charge in [0, 0.05) is 25.2 Å². The Morgan fingerprint density at radius 2 is 2.24 bits per heavy atom. The first kappa shape index (κ1) is 20.4. The van der Waals surface area contributed by atoms with Crippen molar-refractivity contribution in [3.63, 3.8) is 0 Å². The molecule has 0 saturated heterocycles. The molecule has 0 bridgehead atoms. The highest BCUT2D eigenvalue weighted by Gasteiger charge is 2.18. The molecule has 3 rings (SSSR count). The zero-order valence-corrected chi connectivity index (χ0v) is 16.0. The summed E-state index contributed by atoms with van der Waals surface area (Å²) >= 11 is 0. The molecule has 2 aromatic carbocycles. The Balaban J connectivity index is 1.61. The maximum atomic E-state index is 13.8. The third-order valence-electron chi connectivity index (χ3n) is 4.49. The Bertz CT molecular complexity index is 939. The second kappa shape index (κ2) is 9.71. The van der Waals surface area contributed by atoms with Gasteiger partial charge < -0.3 is 19.7 Å². The van der Waals surface area contributed by atoms with Gasteiger partial charge in [0.25, 0.3) is 0 Å². The first-order chi connectivity index (χ1) is 14.1. The zero-order valence-electron chi connectivity index (χ0n) is 16.0. The second-order valence-electron chi connectivity index (χ2n) is 6.63. The number of halogens is 1. The Morgan fingerprint density at radius 3 is 3.03 bits per heavy atom. The molecule has 0 fully saturated rings. The summed E-state index contributed by atoms with van der Waals surface area (Å²) in [4.78, 5) is 14.2. The molecule has 0 unspecified atom stereocenters. The van der Waals surface area contributed by atoms with Gasteiger partial charge in [0.1, 0.15) is 11.6 Å². The van der Waals surface area contributed by atoms with Crippen molar-refractivity contribution < 1.29 is 18.7 Å². The predicted octanol–water partition coefficient (Wildman–Crippen LogP) is 3.50. The number of urea groups is 1. The number of hydrogen-bond acceptors (Lipinski definition) is 4. The van der Waals surface area contributed by atoms with Crippen LogP contribution in [-0.2, 0) is 24.3 Å². The number of benzene rings is 2. The molecule has 2 aromatic rings. The van der Waals surface area contributed by atoms with Crippen LogP contribution < -0.4 is 10.1 Å². The van der Waals surface area contributed by atoms with Crippen molar-refractivity contribution in [2.75, 3.05) is 19.9 Å². The van der Waals surface area contributed by atoms with Crippen molar-refractivity contribution in [1.82, 2.24) is 10.2 Å². The molecule has 1 heterocycles. The number of nitrogens with zero attached hydrogens (tertiary/aromatic N) is 2. The molecular formula is C22H22FN3O3. The predicted molar refractivity (Wildman–Crippen MR) is 106 cm³/mol. The van der Waals surface area contributed by atoms with Crippen LogP contribution in [0.3, 0.4) is 0 Å². The lowest BCUT2D eigenvalue weighted by Crippen LogP contribution is -2.40.